The predicted molar refractivity (Wildman–Crippen MR) is 165 cm³/mol. The Bertz CT molecular complexity index is 1900. The van der Waals surface area contributed by atoms with Crippen LogP contribution in [0.1, 0.15) is 16.0 Å². The van der Waals surface area contributed by atoms with Gasteiger partial charge in [0.25, 0.3) is 5.56 Å². The molecule has 0 aliphatic carbocycles. The van der Waals surface area contributed by atoms with E-state index in [4.69, 9.17) is 4.98 Å². The van der Waals surface area contributed by atoms with Crippen LogP contribution in [0.25, 0.3) is 26.9 Å². The normalized spacial score (nSPS) is 13.5. The number of anilines is 1. The second-order valence-corrected chi connectivity index (χ2v) is 12.0. The third-order valence-electron chi connectivity index (χ3n) is 7.17. The average Bonchev–Trinajstić information content (AvgIpc) is 3.57. The number of fused-ring (bicyclic) bond motifs is 4. The van der Waals surface area contributed by atoms with Crippen LogP contribution in [0.4, 0.5) is 5.95 Å². The number of amides is 1. The van der Waals surface area contributed by atoms with E-state index >= 15 is 0 Å². The molecule has 0 saturated carbocycles. The summed E-state index contributed by atoms with van der Waals surface area (Å²) in [5, 5.41) is 4.02. The molecule has 8 nitrogen and oxygen atoms in total. The van der Waals surface area contributed by atoms with Crippen LogP contribution >= 0.6 is 23.1 Å². The maximum Gasteiger partial charge on any atom is 0.267 e. The first-order valence-corrected chi connectivity index (χ1v) is 15.2. The van der Waals surface area contributed by atoms with Crippen LogP contribution in [0.2, 0.25) is 0 Å². The molecular weight excluding hydrogens is 553 g/mol. The highest BCUT2D eigenvalue weighted by Gasteiger charge is 2.26. The number of hydrogen-bond acceptors (Lipinski definition) is 7. The molecule has 2 N–H and O–H groups in total. The van der Waals surface area contributed by atoms with E-state index in [1.165, 1.54) is 22.2 Å². The summed E-state index contributed by atoms with van der Waals surface area (Å²) < 4.78 is 1.64. The molecule has 0 unspecified atom stereocenters. The minimum atomic E-state index is -0.231. The maximum absolute atomic E-state index is 14.1. The average molecular weight is 579 g/mol. The number of aromatic nitrogens is 4. The smallest absolute Gasteiger partial charge is 0.267 e. The first-order valence-electron chi connectivity index (χ1n) is 13.4. The monoisotopic (exact) mass is 578 g/mol. The highest BCUT2D eigenvalue weighted by molar-refractivity contribution is 7.99. The van der Waals surface area contributed by atoms with Gasteiger partial charge < -0.3 is 4.98 Å². The predicted octanol–water partition coefficient (Wildman–Crippen LogP) is 5.61. The van der Waals surface area contributed by atoms with Crippen molar-refractivity contribution in [3.63, 3.8) is 0 Å². The van der Waals surface area contributed by atoms with Gasteiger partial charge in [-0.15, -0.1) is 11.3 Å². The van der Waals surface area contributed by atoms with Gasteiger partial charge in [-0.2, -0.15) is 0 Å². The highest BCUT2D eigenvalue weighted by atomic mass is 32.2. The Morgan fingerprint density at radius 1 is 0.976 bits per heavy atom. The lowest BCUT2D eigenvalue weighted by Crippen LogP contribution is -2.30. The largest absolute Gasteiger partial charge is 0.324 e. The van der Waals surface area contributed by atoms with Gasteiger partial charge in [-0.3, -0.25) is 24.4 Å². The van der Waals surface area contributed by atoms with Crippen LogP contribution in [-0.4, -0.2) is 42.6 Å². The fourth-order valence-electron chi connectivity index (χ4n) is 5.27. The number of benzene rings is 3. The summed E-state index contributed by atoms with van der Waals surface area (Å²) in [6, 6.07) is 27.6. The Balaban J connectivity index is 1.18. The van der Waals surface area contributed by atoms with Crippen LogP contribution in [0, 0.1) is 0 Å². The minimum absolute atomic E-state index is 0.0811. The zero-order chi connectivity index (χ0) is 27.8. The zero-order valence-electron chi connectivity index (χ0n) is 22.0. The summed E-state index contributed by atoms with van der Waals surface area (Å²) in [7, 11) is 0. The highest BCUT2D eigenvalue weighted by Crippen LogP contribution is 2.34. The summed E-state index contributed by atoms with van der Waals surface area (Å²) in [6.45, 7) is 2.55. The molecule has 4 heterocycles. The van der Waals surface area contributed by atoms with E-state index in [2.05, 4.69) is 44.5 Å². The van der Waals surface area contributed by atoms with Crippen molar-refractivity contribution in [3.05, 3.63) is 111 Å². The van der Waals surface area contributed by atoms with Gasteiger partial charge in [0.2, 0.25) is 11.9 Å². The molecule has 7 rings (SSSR count). The van der Waals surface area contributed by atoms with E-state index in [1.807, 2.05) is 60.7 Å². The molecule has 41 heavy (non-hydrogen) atoms. The van der Waals surface area contributed by atoms with Crippen molar-refractivity contribution >= 4 is 56.2 Å². The summed E-state index contributed by atoms with van der Waals surface area (Å²) >= 11 is 2.84. The first-order chi connectivity index (χ1) is 20.1. The molecule has 0 spiro atoms. The summed E-state index contributed by atoms with van der Waals surface area (Å²) in [4.78, 5) is 43.8. The molecule has 0 bridgehead atoms. The van der Waals surface area contributed by atoms with E-state index < -0.39 is 0 Å². The van der Waals surface area contributed by atoms with Crippen molar-refractivity contribution in [2.45, 2.75) is 24.7 Å². The van der Waals surface area contributed by atoms with Gasteiger partial charge in [-0.25, -0.2) is 9.97 Å². The Morgan fingerprint density at radius 3 is 2.54 bits per heavy atom. The van der Waals surface area contributed by atoms with Gasteiger partial charge in [0.15, 0.2) is 5.16 Å². The first kappa shape index (κ1) is 25.7. The fraction of sp³-hybridized carbons (Fsp3) is 0.161. The lowest BCUT2D eigenvalue weighted by molar-refractivity contribution is -0.113. The van der Waals surface area contributed by atoms with E-state index in [0.717, 1.165) is 53.2 Å². The van der Waals surface area contributed by atoms with Crippen LogP contribution in [-0.2, 0) is 24.3 Å². The van der Waals surface area contributed by atoms with Crippen molar-refractivity contribution in [2.75, 3.05) is 17.6 Å². The number of rotatable bonds is 7. The van der Waals surface area contributed by atoms with Gasteiger partial charge in [-0.05, 0) is 41.8 Å². The number of hydrogen-bond donors (Lipinski definition) is 2. The molecule has 1 aliphatic rings. The Morgan fingerprint density at radius 2 is 1.73 bits per heavy atom. The molecule has 0 atom stereocenters. The van der Waals surface area contributed by atoms with Crippen molar-refractivity contribution in [1.82, 2.24) is 24.4 Å². The van der Waals surface area contributed by atoms with E-state index in [9.17, 15) is 9.59 Å². The van der Waals surface area contributed by atoms with Crippen LogP contribution in [0.3, 0.4) is 0 Å². The third-order valence-corrected chi connectivity index (χ3v) is 9.21. The Labute approximate surface area is 244 Å². The number of thioether (sulfide) groups is 1. The van der Waals surface area contributed by atoms with Crippen LogP contribution < -0.4 is 10.9 Å². The molecule has 1 amide bonds. The Kier molecular flexibility index (Phi) is 6.87. The molecule has 0 radical (unpaired) electrons. The quantitative estimate of drug-likeness (QED) is 0.189. The number of para-hydroxylation sites is 3. The van der Waals surface area contributed by atoms with Crippen molar-refractivity contribution in [2.24, 2.45) is 0 Å². The van der Waals surface area contributed by atoms with Crippen molar-refractivity contribution in [1.29, 1.82) is 0 Å². The fourth-order valence-corrected chi connectivity index (χ4v) is 7.38. The topological polar surface area (TPSA) is 95.9 Å². The lowest BCUT2D eigenvalue weighted by atomic mass is 10.0. The number of H-pyrrole nitrogens is 1. The number of nitrogens with zero attached hydrogens (tertiary/aromatic N) is 4. The van der Waals surface area contributed by atoms with Gasteiger partial charge in [0.05, 0.1) is 27.9 Å². The van der Waals surface area contributed by atoms with E-state index in [-0.39, 0.29) is 17.2 Å². The molecule has 3 aromatic heterocycles. The third kappa shape index (κ3) is 5.17. The molecule has 0 fully saturated rings. The second kappa shape index (κ2) is 11.0. The number of aromatic amines is 1. The van der Waals surface area contributed by atoms with E-state index in [1.54, 1.807) is 15.9 Å². The molecule has 204 valence electrons. The minimum Gasteiger partial charge on any atom is -0.324 e. The summed E-state index contributed by atoms with van der Waals surface area (Å²) in [5.41, 5.74) is 4.66. The molecule has 10 heteroatoms. The Hall–Kier alpha value is -4.25. The number of imidazole rings is 1. The summed E-state index contributed by atoms with van der Waals surface area (Å²) in [6.07, 6.45) is 0.806. The van der Waals surface area contributed by atoms with Gasteiger partial charge >= 0.3 is 0 Å². The van der Waals surface area contributed by atoms with E-state index in [0.29, 0.717) is 16.5 Å². The number of carbonyl (C=O) groups is 1. The molecule has 6 aromatic rings. The van der Waals surface area contributed by atoms with Gasteiger partial charge in [-0.1, -0.05) is 72.4 Å². The zero-order valence-corrected chi connectivity index (χ0v) is 23.7. The molecule has 1 aliphatic heterocycles. The number of thiophene rings is 1. The van der Waals surface area contributed by atoms with Gasteiger partial charge in [0, 0.05) is 24.5 Å². The standard InChI is InChI=1S/C31H26N6O2S2/c38-26(34-30-32-23-13-7-8-14-24(23)33-30)19-40-31-35-28-27(29(39)37(31)21-11-5-2-6-12-21)22-15-16-36(18-25(22)41-28)17-20-9-3-1-4-10-20/h1-14H,15-19H2,(H2,32,33,34,38). The van der Waals surface area contributed by atoms with Crippen LogP contribution in [0.15, 0.2) is 94.9 Å². The summed E-state index contributed by atoms with van der Waals surface area (Å²) in [5.74, 6) is 0.245. The van der Waals surface area contributed by atoms with Crippen molar-refractivity contribution < 1.29 is 4.79 Å². The number of nitrogens with one attached hydrogen (secondary N) is 2. The SMILES string of the molecule is O=C(CSc1nc2sc3c(c2c(=O)n1-c1ccccc1)CCN(Cc1ccccc1)C3)Nc1nc2ccccc2[nH]1. The lowest BCUT2D eigenvalue weighted by Gasteiger charge is -2.26. The second-order valence-electron chi connectivity index (χ2n) is 9.94. The molecule has 0 saturated heterocycles. The maximum atomic E-state index is 14.1. The molecular formula is C31H26N6O2S2. The van der Waals surface area contributed by atoms with Gasteiger partial charge in [0.1, 0.15) is 4.83 Å². The van der Waals surface area contributed by atoms with Crippen molar-refractivity contribution in [3.8, 4) is 5.69 Å². The molecule has 3 aromatic carbocycles. The van der Waals surface area contributed by atoms with Crippen LogP contribution in [0.5, 0.6) is 0 Å². The number of carbonyl (C=O) groups excluding carboxylic acids is 1.